The second-order valence-electron chi connectivity index (χ2n) is 10.9. The van der Waals surface area contributed by atoms with E-state index in [1.807, 2.05) is 0 Å². The van der Waals surface area contributed by atoms with Crippen LogP contribution in [-0.2, 0) is 9.47 Å². The van der Waals surface area contributed by atoms with Gasteiger partial charge in [0.05, 0.1) is 16.1 Å². The van der Waals surface area contributed by atoms with E-state index in [1.165, 1.54) is 9.80 Å². The maximum Gasteiger partial charge on any atom is 0.511 e. The molecular weight excluding hydrogens is 424 g/mol. The number of ether oxygens (including phenoxy) is 2. The van der Waals surface area contributed by atoms with Gasteiger partial charge in [-0.3, -0.25) is 0 Å². The third-order valence-corrected chi connectivity index (χ3v) is 8.59. The van der Waals surface area contributed by atoms with Gasteiger partial charge in [-0.1, -0.05) is 39.3 Å². The molecule has 0 aromatic heterocycles. The Kier molecular flexibility index (Phi) is 8.53. The monoisotopic (exact) mass is 464 g/mol. The Morgan fingerprint density at radius 3 is 1.23 bits per heavy atom. The summed E-state index contributed by atoms with van der Waals surface area (Å²) in [5.74, 6) is 0. The highest BCUT2D eigenvalue weighted by Gasteiger charge is 2.43. The maximum atomic E-state index is 12.8. The molecule has 4 N–H and O–H groups in total. The number of aliphatic hydroxyl groups excluding tert-OH is 4. The molecule has 0 amide bonds. The van der Waals surface area contributed by atoms with Crippen molar-refractivity contribution >= 4 is 22.3 Å². The topological polar surface area (TPSA) is 123 Å². The van der Waals surface area contributed by atoms with Crippen molar-refractivity contribution in [3.63, 3.8) is 0 Å². The van der Waals surface area contributed by atoms with Crippen LogP contribution in [0, 0.1) is 0 Å². The number of rotatable bonds is 8. The fourth-order valence-electron chi connectivity index (χ4n) is 4.07. The molecule has 0 bridgehead atoms. The summed E-state index contributed by atoms with van der Waals surface area (Å²) in [4.78, 5) is 15.7. The third kappa shape index (κ3) is 7.26. The lowest BCUT2D eigenvalue weighted by atomic mass is 10.3. The summed E-state index contributed by atoms with van der Waals surface area (Å²) in [6, 6.07) is 1.06. The zero-order chi connectivity index (χ0) is 22.9. The van der Waals surface area contributed by atoms with Crippen LogP contribution < -0.4 is 0 Å². The lowest BCUT2D eigenvalue weighted by molar-refractivity contribution is -0.172. The van der Waals surface area contributed by atoms with Gasteiger partial charge in [-0.25, -0.2) is 14.6 Å². The molecule has 0 aliphatic carbocycles. The quantitative estimate of drug-likeness (QED) is 0.315. The summed E-state index contributed by atoms with van der Waals surface area (Å²) in [7, 11) is -3.44. The van der Waals surface area contributed by atoms with Gasteiger partial charge in [-0.05, 0) is 37.8 Å². The minimum absolute atomic E-state index is 0.409. The van der Waals surface area contributed by atoms with Crippen molar-refractivity contribution in [2.24, 2.45) is 0 Å². The summed E-state index contributed by atoms with van der Waals surface area (Å²) in [5.41, 5.74) is 0. The molecule has 2 aliphatic rings. The first-order chi connectivity index (χ1) is 13.7. The van der Waals surface area contributed by atoms with Crippen molar-refractivity contribution in [1.82, 2.24) is 9.80 Å². The maximum absolute atomic E-state index is 12.8. The van der Waals surface area contributed by atoms with Crippen LogP contribution in [0.4, 0.5) is 4.79 Å². The highest BCUT2D eigenvalue weighted by molar-refractivity contribution is 6.76. The zero-order valence-electron chi connectivity index (χ0n) is 19.1. The Balaban J connectivity index is 2.15. The number of carbonyl (C=O) groups is 1. The van der Waals surface area contributed by atoms with Gasteiger partial charge < -0.3 is 29.9 Å². The molecule has 2 aliphatic heterocycles. The lowest BCUT2D eigenvalue weighted by Gasteiger charge is -2.37. The van der Waals surface area contributed by atoms with Gasteiger partial charge in [-0.15, -0.1) is 0 Å². The molecule has 11 heteroatoms. The smallest absolute Gasteiger partial charge is 0.415 e. The van der Waals surface area contributed by atoms with Crippen LogP contribution >= 0.6 is 0 Å². The van der Waals surface area contributed by atoms with Crippen molar-refractivity contribution in [2.75, 3.05) is 0 Å². The second-order valence-corrected chi connectivity index (χ2v) is 22.0. The molecule has 176 valence electrons. The van der Waals surface area contributed by atoms with E-state index in [4.69, 9.17) is 9.47 Å². The number of nitrogens with zero attached hydrogens (tertiary/aromatic N) is 2. The van der Waals surface area contributed by atoms with Crippen LogP contribution in [0.3, 0.4) is 0 Å². The van der Waals surface area contributed by atoms with E-state index in [-0.39, 0.29) is 0 Å². The second kappa shape index (κ2) is 9.94. The molecule has 0 spiro atoms. The molecule has 0 saturated carbocycles. The largest absolute Gasteiger partial charge is 0.511 e. The van der Waals surface area contributed by atoms with Crippen LogP contribution in [0.2, 0.25) is 51.4 Å². The Hall–Kier alpha value is -0.536. The van der Waals surface area contributed by atoms with E-state index in [0.29, 0.717) is 37.8 Å². The van der Waals surface area contributed by atoms with Gasteiger partial charge in [0, 0.05) is 0 Å². The Bertz CT molecular complexity index is 516. The van der Waals surface area contributed by atoms with E-state index in [2.05, 4.69) is 39.3 Å². The molecular formula is C19H40N2O7Si2. The van der Waals surface area contributed by atoms with Crippen molar-refractivity contribution in [1.29, 1.82) is 0 Å². The molecule has 0 aromatic carbocycles. The lowest BCUT2D eigenvalue weighted by Crippen LogP contribution is -2.51. The average Bonchev–Trinajstić information content (AvgIpc) is 3.05. The number of hydrogen-bond donors (Lipinski definition) is 4. The van der Waals surface area contributed by atoms with Gasteiger partial charge >= 0.3 is 6.16 Å². The molecule has 0 aromatic rings. The molecule has 2 saturated heterocycles. The minimum Gasteiger partial charge on any atom is -0.415 e. The molecule has 2 rings (SSSR count). The van der Waals surface area contributed by atoms with Gasteiger partial charge in [-0.2, -0.15) is 0 Å². The molecule has 9 nitrogen and oxygen atoms in total. The fraction of sp³-hybridized carbons (Fsp3) is 0.947. The van der Waals surface area contributed by atoms with Gasteiger partial charge in [0.2, 0.25) is 0 Å². The van der Waals surface area contributed by atoms with Crippen LogP contribution in [0.1, 0.15) is 25.7 Å². The molecule has 6 atom stereocenters. The van der Waals surface area contributed by atoms with Gasteiger partial charge in [0.25, 0.3) is 0 Å². The van der Waals surface area contributed by atoms with Gasteiger partial charge in [0.1, 0.15) is 24.9 Å². The molecule has 2 heterocycles. The van der Waals surface area contributed by atoms with E-state index in [1.54, 1.807) is 0 Å². The minimum atomic E-state index is -1.72. The Labute approximate surface area is 181 Å². The Morgan fingerprint density at radius 1 is 0.733 bits per heavy atom. The molecule has 30 heavy (non-hydrogen) atoms. The van der Waals surface area contributed by atoms with E-state index < -0.39 is 59.7 Å². The first-order valence-corrected chi connectivity index (χ1v) is 18.2. The summed E-state index contributed by atoms with van der Waals surface area (Å²) in [6.07, 6.45) is -4.39. The van der Waals surface area contributed by atoms with E-state index in [0.717, 1.165) is 0 Å². The summed E-state index contributed by atoms with van der Waals surface area (Å²) >= 11 is 0. The van der Waals surface area contributed by atoms with Gasteiger partial charge in [0.15, 0.2) is 12.5 Å². The summed E-state index contributed by atoms with van der Waals surface area (Å²) in [5, 5.41) is 41.2. The molecule has 2 fully saturated rings. The van der Waals surface area contributed by atoms with Crippen molar-refractivity contribution in [2.45, 2.75) is 114 Å². The first kappa shape index (κ1) is 25.7. The normalized spacial score (nSPS) is 31.0. The average molecular weight is 465 g/mol. The predicted molar refractivity (Wildman–Crippen MR) is 118 cm³/mol. The molecule has 0 radical (unpaired) electrons. The van der Waals surface area contributed by atoms with E-state index >= 15 is 0 Å². The molecule has 6 unspecified atom stereocenters. The summed E-state index contributed by atoms with van der Waals surface area (Å²) < 4.78 is 11.3. The summed E-state index contributed by atoms with van der Waals surface area (Å²) in [6.45, 7) is 12.7. The zero-order valence-corrected chi connectivity index (χ0v) is 21.1. The van der Waals surface area contributed by atoms with Crippen molar-refractivity contribution in [3.8, 4) is 0 Å². The van der Waals surface area contributed by atoms with Crippen molar-refractivity contribution < 1.29 is 34.7 Å². The third-order valence-electron chi connectivity index (χ3n) is 5.45. The van der Waals surface area contributed by atoms with E-state index in [9.17, 15) is 25.2 Å². The van der Waals surface area contributed by atoms with Crippen LogP contribution in [0.15, 0.2) is 0 Å². The van der Waals surface area contributed by atoms with Crippen LogP contribution in [-0.4, -0.2) is 89.9 Å². The van der Waals surface area contributed by atoms with Crippen LogP contribution in [0.5, 0.6) is 0 Å². The van der Waals surface area contributed by atoms with Crippen molar-refractivity contribution in [3.05, 3.63) is 0 Å². The number of likely N-dealkylation sites (tertiary alicyclic amines) is 2. The predicted octanol–water partition coefficient (Wildman–Crippen LogP) is 1.93. The number of carbonyl (C=O) groups excluding carboxylic acids is 1. The first-order valence-electron chi connectivity index (χ1n) is 10.8. The highest BCUT2D eigenvalue weighted by Crippen LogP contribution is 2.31. The SMILES string of the molecule is C[Si](C)(C)CC(OC(=O)OC(C[Si](C)(C)C)N1C(O)CCC1O)N1C(O)CCC1O. The highest BCUT2D eigenvalue weighted by atomic mass is 28.3. The van der Waals surface area contributed by atoms with Crippen LogP contribution in [0.25, 0.3) is 0 Å². The Morgan fingerprint density at radius 2 is 1.00 bits per heavy atom. The fourth-order valence-corrected chi connectivity index (χ4v) is 6.75. The standard InChI is InChI=1S/C19H40N2O7Si2/c1-29(2,3)11-17(20-13(22)7-8-14(20)23)27-19(26)28-18(12-30(4,5)6)21-15(24)9-10-16(21)25/h13-18,22-25H,7-12H2,1-6H3. The number of aliphatic hydroxyl groups is 4. The number of hydrogen-bond acceptors (Lipinski definition) is 9.